The van der Waals surface area contributed by atoms with Gasteiger partial charge in [0, 0.05) is 17.2 Å². The molecule has 1 heterocycles. The lowest BCUT2D eigenvalue weighted by molar-refractivity contribution is 0.651. The first-order valence-electron chi connectivity index (χ1n) is 6.61. The minimum atomic E-state index is 0.794. The molecule has 1 N–H and O–H groups in total. The van der Waals surface area contributed by atoms with Crippen LogP contribution >= 0.6 is 15.9 Å². The highest BCUT2D eigenvalue weighted by Crippen LogP contribution is 2.28. The van der Waals surface area contributed by atoms with Crippen molar-refractivity contribution in [1.29, 1.82) is 0 Å². The van der Waals surface area contributed by atoms with Gasteiger partial charge in [-0.1, -0.05) is 13.0 Å². The summed E-state index contributed by atoms with van der Waals surface area (Å²) >= 11 is 3.63. The van der Waals surface area contributed by atoms with Crippen LogP contribution in [0.3, 0.4) is 0 Å². The molecule has 0 bridgehead atoms. The van der Waals surface area contributed by atoms with Gasteiger partial charge in [-0.3, -0.25) is 0 Å². The van der Waals surface area contributed by atoms with Gasteiger partial charge in [-0.2, -0.15) is 0 Å². The molecule has 1 aromatic heterocycles. The average Bonchev–Trinajstić information content (AvgIpc) is 2.76. The number of hydrogen-bond donors (Lipinski definition) is 1. The number of halogens is 1. The summed E-state index contributed by atoms with van der Waals surface area (Å²) < 4.78 is 3.32. The smallest absolute Gasteiger partial charge is 0.0948 e. The molecule has 4 heteroatoms. The number of imidazole rings is 1. The third-order valence-electron chi connectivity index (χ3n) is 3.14. The Morgan fingerprint density at radius 1 is 1.32 bits per heavy atom. The number of nitrogens with zero attached hydrogens (tertiary/aromatic N) is 2. The molecule has 0 saturated carbocycles. The van der Waals surface area contributed by atoms with Crippen LogP contribution < -0.4 is 5.32 Å². The van der Waals surface area contributed by atoms with Crippen LogP contribution in [0.1, 0.15) is 30.2 Å². The second-order valence-corrected chi connectivity index (χ2v) is 5.72. The van der Waals surface area contributed by atoms with E-state index in [4.69, 9.17) is 0 Å². The van der Waals surface area contributed by atoms with E-state index in [-0.39, 0.29) is 0 Å². The van der Waals surface area contributed by atoms with Gasteiger partial charge in [-0.05, 0) is 53.4 Å². The first-order valence-corrected chi connectivity index (χ1v) is 7.40. The summed E-state index contributed by atoms with van der Waals surface area (Å²) in [5.74, 6) is 0. The molecule has 1 aromatic carbocycles. The van der Waals surface area contributed by atoms with E-state index in [0.717, 1.165) is 29.7 Å². The van der Waals surface area contributed by atoms with Crippen molar-refractivity contribution < 1.29 is 0 Å². The van der Waals surface area contributed by atoms with Crippen LogP contribution in [0.5, 0.6) is 0 Å². The Morgan fingerprint density at radius 2 is 2.11 bits per heavy atom. The molecule has 0 amide bonds. The van der Waals surface area contributed by atoms with Gasteiger partial charge in [0.2, 0.25) is 0 Å². The fraction of sp³-hybridized carbons (Fsp3) is 0.400. The number of anilines is 1. The molecule has 3 nitrogen and oxygen atoms in total. The Labute approximate surface area is 123 Å². The first kappa shape index (κ1) is 14.1. The van der Waals surface area contributed by atoms with Crippen molar-refractivity contribution in [2.45, 2.75) is 40.3 Å². The lowest BCUT2D eigenvalue weighted by Gasteiger charge is -2.14. The summed E-state index contributed by atoms with van der Waals surface area (Å²) in [5.41, 5.74) is 4.91. The fourth-order valence-electron chi connectivity index (χ4n) is 2.26. The molecule has 0 spiro atoms. The van der Waals surface area contributed by atoms with Crippen molar-refractivity contribution in [2.24, 2.45) is 0 Å². The van der Waals surface area contributed by atoms with Gasteiger partial charge in [-0.25, -0.2) is 4.98 Å². The highest BCUT2D eigenvalue weighted by molar-refractivity contribution is 9.10. The summed E-state index contributed by atoms with van der Waals surface area (Å²) in [6.07, 6.45) is 4.95. The van der Waals surface area contributed by atoms with Gasteiger partial charge in [0.1, 0.15) is 0 Å². The first-order chi connectivity index (χ1) is 9.11. The second kappa shape index (κ2) is 6.24. The standard InChI is InChI=1S/C15H20BrN3/c1-4-5-19-10-17-8-13(19)9-18-15-12(3)6-11(2)7-14(15)16/h6-8,10,18H,4-5,9H2,1-3H3. The van der Waals surface area contributed by atoms with Crippen molar-refractivity contribution in [3.63, 3.8) is 0 Å². The number of nitrogens with one attached hydrogen (secondary N) is 1. The maximum absolute atomic E-state index is 4.22. The van der Waals surface area contributed by atoms with Crippen LogP contribution in [0, 0.1) is 13.8 Å². The number of aromatic nitrogens is 2. The van der Waals surface area contributed by atoms with Crippen LogP contribution in [0.2, 0.25) is 0 Å². The molecule has 0 atom stereocenters. The quantitative estimate of drug-likeness (QED) is 0.890. The Kier molecular flexibility index (Phi) is 4.64. The zero-order valence-corrected chi connectivity index (χ0v) is 13.3. The number of rotatable bonds is 5. The third kappa shape index (κ3) is 3.38. The van der Waals surface area contributed by atoms with E-state index >= 15 is 0 Å². The van der Waals surface area contributed by atoms with Gasteiger partial charge < -0.3 is 9.88 Å². The normalized spacial score (nSPS) is 10.7. The molecule has 0 fully saturated rings. The molecule has 0 aliphatic rings. The Bertz CT molecular complexity index is 537. The molecular formula is C15H20BrN3. The lowest BCUT2D eigenvalue weighted by Crippen LogP contribution is -2.08. The molecule has 0 aliphatic carbocycles. The van der Waals surface area contributed by atoms with Crippen LogP contribution in [-0.4, -0.2) is 9.55 Å². The maximum Gasteiger partial charge on any atom is 0.0948 e. The van der Waals surface area contributed by atoms with Gasteiger partial charge in [0.05, 0.1) is 24.3 Å². The number of aryl methyl sites for hydroxylation is 3. The molecule has 102 valence electrons. The highest BCUT2D eigenvalue weighted by atomic mass is 79.9. The number of hydrogen-bond acceptors (Lipinski definition) is 2. The van der Waals surface area contributed by atoms with Crippen molar-refractivity contribution in [1.82, 2.24) is 9.55 Å². The predicted octanol–water partition coefficient (Wildman–Crippen LogP) is 4.28. The van der Waals surface area contributed by atoms with E-state index in [1.165, 1.54) is 16.8 Å². The zero-order valence-electron chi connectivity index (χ0n) is 11.7. The van der Waals surface area contributed by atoms with Gasteiger partial charge >= 0.3 is 0 Å². The van der Waals surface area contributed by atoms with Crippen molar-refractivity contribution in [3.8, 4) is 0 Å². The van der Waals surface area contributed by atoms with E-state index in [9.17, 15) is 0 Å². The predicted molar refractivity (Wildman–Crippen MR) is 83.5 cm³/mol. The summed E-state index contributed by atoms with van der Waals surface area (Å²) in [6, 6.07) is 4.33. The monoisotopic (exact) mass is 321 g/mol. The zero-order chi connectivity index (χ0) is 13.8. The van der Waals surface area contributed by atoms with E-state index in [2.05, 4.69) is 63.7 Å². The second-order valence-electron chi connectivity index (χ2n) is 4.87. The molecule has 0 unspecified atom stereocenters. The largest absolute Gasteiger partial charge is 0.378 e. The van der Waals surface area contributed by atoms with E-state index < -0.39 is 0 Å². The SMILES string of the molecule is CCCn1cncc1CNc1c(C)cc(C)cc1Br. The van der Waals surface area contributed by atoms with Crippen LogP contribution in [0.4, 0.5) is 5.69 Å². The third-order valence-corrected chi connectivity index (χ3v) is 3.77. The summed E-state index contributed by atoms with van der Waals surface area (Å²) in [6.45, 7) is 8.23. The van der Waals surface area contributed by atoms with Crippen LogP contribution in [0.25, 0.3) is 0 Å². The Morgan fingerprint density at radius 3 is 2.79 bits per heavy atom. The summed E-state index contributed by atoms with van der Waals surface area (Å²) in [5, 5.41) is 3.50. The molecule has 0 saturated heterocycles. The van der Waals surface area contributed by atoms with E-state index in [1.807, 2.05) is 12.5 Å². The summed E-state index contributed by atoms with van der Waals surface area (Å²) in [4.78, 5) is 4.22. The molecule has 2 rings (SSSR count). The fourth-order valence-corrected chi connectivity index (χ4v) is 3.07. The minimum Gasteiger partial charge on any atom is -0.378 e. The van der Waals surface area contributed by atoms with E-state index in [0.29, 0.717) is 0 Å². The molecule has 0 aliphatic heterocycles. The van der Waals surface area contributed by atoms with Gasteiger partial charge in [0.25, 0.3) is 0 Å². The Balaban J connectivity index is 2.12. The van der Waals surface area contributed by atoms with Gasteiger partial charge in [0.15, 0.2) is 0 Å². The van der Waals surface area contributed by atoms with E-state index in [1.54, 1.807) is 0 Å². The molecule has 2 aromatic rings. The van der Waals surface area contributed by atoms with Crippen LogP contribution in [-0.2, 0) is 13.1 Å². The summed E-state index contributed by atoms with van der Waals surface area (Å²) in [7, 11) is 0. The van der Waals surface area contributed by atoms with Crippen molar-refractivity contribution in [3.05, 3.63) is 46.0 Å². The average molecular weight is 322 g/mol. The number of benzene rings is 1. The maximum atomic E-state index is 4.22. The lowest BCUT2D eigenvalue weighted by atomic mass is 10.1. The minimum absolute atomic E-state index is 0.794. The van der Waals surface area contributed by atoms with Crippen molar-refractivity contribution in [2.75, 3.05) is 5.32 Å². The topological polar surface area (TPSA) is 29.9 Å². The molecular weight excluding hydrogens is 302 g/mol. The highest BCUT2D eigenvalue weighted by Gasteiger charge is 2.06. The van der Waals surface area contributed by atoms with Crippen LogP contribution in [0.15, 0.2) is 29.1 Å². The molecule has 19 heavy (non-hydrogen) atoms. The molecule has 0 radical (unpaired) electrons. The Hall–Kier alpha value is -1.29. The van der Waals surface area contributed by atoms with Crippen molar-refractivity contribution >= 4 is 21.6 Å². The van der Waals surface area contributed by atoms with Gasteiger partial charge in [-0.15, -0.1) is 0 Å².